The zero-order valence-electron chi connectivity index (χ0n) is 10.5. The fourth-order valence-corrected chi connectivity index (χ4v) is 3.39. The van der Waals surface area contributed by atoms with Crippen molar-refractivity contribution in [3.63, 3.8) is 0 Å². The van der Waals surface area contributed by atoms with Crippen LogP contribution in [0.2, 0.25) is 0 Å². The second kappa shape index (κ2) is 6.95. The van der Waals surface area contributed by atoms with Crippen molar-refractivity contribution >= 4 is 17.1 Å². The summed E-state index contributed by atoms with van der Waals surface area (Å²) in [7, 11) is 0. The average molecular weight is 250 g/mol. The molecule has 0 saturated heterocycles. The monoisotopic (exact) mass is 250 g/mol. The van der Waals surface area contributed by atoms with Gasteiger partial charge in [-0.1, -0.05) is 32.1 Å². The first-order chi connectivity index (χ1) is 8.34. The normalized spacial score (nSPS) is 17.2. The standard InChI is InChI=1S/C15H22OS/c16-15(9-7-14-10-11-17-12-14)8-6-13-4-2-1-3-5-13/h10-13H,1-9H2. The summed E-state index contributed by atoms with van der Waals surface area (Å²) in [4.78, 5) is 11.8. The lowest BCUT2D eigenvalue weighted by Crippen LogP contribution is -2.09. The first-order valence-corrected chi connectivity index (χ1v) is 7.81. The van der Waals surface area contributed by atoms with E-state index >= 15 is 0 Å². The number of carbonyl (C=O) groups is 1. The summed E-state index contributed by atoms with van der Waals surface area (Å²) < 4.78 is 0. The predicted octanol–water partition coefficient (Wildman–Crippen LogP) is 4.61. The number of hydrogen-bond acceptors (Lipinski definition) is 2. The second-order valence-electron chi connectivity index (χ2n) is 5.21. The minimum atomic E-state index is 0.460. The van der Waals surface area contributed by atoms with E-state index < -0.39 is 0 Å². The van der Waals surface area contributed by atoms with Crippen molar-refractivity contribution in [3.05, 3.63) is 22.4 Å². The van der Waals surface area contributed by atoms with E-state index in [0.29, 0.717) is 5.78 Å². The van der Waals surface area contributed by atoms with Gasteiger partial charge in [0, 0.05) is 12.8 Å². The molecule has 94 valence electrons. The molecule has 0 aliphatic heterocycles. The van der Waals surface area contributed by atoms with E-state index in [0.717, 1.165) is 31.6 Å². The van der Waals surface area contributed by atoms with E-state index in [1.165, 1.54) is 37.7 Å². The minimum absolute atomic E-state index is 0.460. The Morgan fingerprint density at radius 3 is 2.76 bits per heavy atom. The van der Waals surface area contributed by atoms with Gasteiger partial charge >= 0.3 is 0 Å². The van der Waals surface area contributed by atoms with Crippen LogP contribution in [0.4, 0.5) is 0 Å². The van der Waals surface area contributed by atoms with Gasteiger partial charge in [-0.25, -0.2) is 0 Å². The maximum absolute atomic E-state index is 11.8. The van der Waals surface area contributed by atoms with Crippen molar-refractivity contribution in [1.82, 2.24) is 0 Å². The molecule has 1 aliphatic rings. The van der Waals surface area contributed by atoms with Crippen LogP contribution in [0.25, 0.3) is 0 Å². The fraction of sp³-hybridized carbons (Fsp3) is 0.667. The van der Waals surface area contributed by atoms with Crippen LogP contribution in [0.3, 0.4) is 0 Å². The summed E-state index contributed by atoms with van der Waals surface area (Å²) >= 11 is 1.72. The van der Waals surface area contributed by atoms with Crippen molar-refractivity contribution in [1.29, 1.82) is 0 Å². The maximum Gasteiger partial charge on any atom is 0.133 e. The van der Waals surface area contributed by atoms with Gasteiger partial charge in [0.1, 0.15) is 5.78 Å². The molecule has 1 aliphatic carbocycles. The molecule has 0 spiro atoms. The molecule has 0 bridgehead atoms. The molecule has 0 N–H and O–H groups in total. The van der Waals surface area contributed by atoms with Crippen LogP contribution in [0, 0.1) is 5.92 Å². The van der Waals surface area contributed by atoms with E-state index in [-0.39, 0.29) is 0 Å². The van der Waals surface area contributed by atoms with Gasteiger partial charge in [-0.15, -0.1) is 0 Å². The summed E-state index contributed by atoms with van der Waals surface area (Å²) in [5, 5.41) is 4.23. The largest absolute Gasteiger partial charge is 0.300 e. The molecule has 1 saturated carbocycles. The van der Waals surface area contributed by atoms with Crippen LogP contribution in [0.15, 0.2) is 16.8 Å². The van der Waals surface area contributed by atoms with E-state index in [1.807, 2.05) is 0 Å². The summed E-state index contributed by atoms with van der Waals surface area (Å²) in [6.07, 6.45) is 10.5. The number of Topliss-reactive ketones (excluding diaryl/α,β-unsaturated/α-hetero) is 1. The zero-order valence-corrected chi connectivity index (χ0v) is 11.3. The van der Waals surface area contributed by atoms with Crippen molar-refractivity contribution in [2.45, 2.75) is 57.8 Å². The van der Waals surface area contributed by atoms with E-state index in [2.05, 4.69) is 16.8 Å². The summed E-state index contributed by atoms with van der Waals surface area (Å²) in [6, 6.07) is 2.12. The first-order valence-electron chi connectivity index (χ1n) is 6.87. The van der Waals surface area contributed by atoms with Gasteiger partial charge in [-0.05, 0) is 41.1 Å². The molecule has 2 rings (SSSR count). The molecule has 0 atom stereocenters. The molecular formula is C15H22OS. The molecule has 1 nitrogen and oxygen atoms in total. The van der Waals surface area contributed by atoms with Crippen LogP contribution in [0.5, 0.6) is 0 Å². The van der Waals surface area contributed by atoms with Crippen LogP contribution < -0.4 is 0 Å². The lowest BCUT2D eigenvalue weighted by molar-refractivity contribution is -0.119. The highest BCUT2D eigenvalue weighted by Gasteiger charge is 2.14. The Hall–Kier alpha value is -0.630. The molecule has 0 unspecified atom stereocenters. The number of rotatable bonds is 6. The third-order valence-corrected chi connectivity index (χ3v) is 4.56. The average Bonchev–Trinajstić information content (AvgIpc) is 2.88. The third-order valence-electron chi connectivity index (χ3n) is 3.83. The van der Waals surface area contributed by atoms with Crippen molar-refractivity contribution in [2.24, 2.45) is 5.92 Å². The van der Waals surface area contributed by atoms with Crippen LogP contribution in [-0.2, 0) is 11.2 Å². The molecule has 0 amide bonds. The van der Waals surface area contributed by atoms with Crippen molar-refractivity contribution in [2.75, 3.05) is 0 Å². The number of aryl methyl sites for hydroxylation is 1. The van der Waals surface area contributed by atoms with E-state index in [9.17, 15) is 4.79 Å². The van der Waals surface area contributed by atoms with E-state index in [4.69, 9.17) is 0 Å². The Morgan fingerprint density at radius 2 is 2.06 bits per heavy atom. The lowest BCUT2D eigenvalue weighted by atomic mass is 9.85. The highest BCUT2D eigenvalue weighted by molar-refractivity contribution is 7.07. The summed E-state index contributed by atoms with van der Waals surface area (Å²) in [6.45, 7) is 0. The second-order valence-corrected chi connectivity index (χ2v) is 5.99. The molecule has 1 aromatic rings. The van der Waals surface area contributed by atoms with Crippen molar-refractivity contribution < 1.29 is 4.79 Å². The molecule has 0 aromatic carbocycles. The van der Waals surface area contributed by atoms with Crippen LogP contribution in [0.1, 0.15) is 56.9 Å². The number of hydrogen-bond donors (Lipinski definition) is 0. The quantitative estimate of drug-likeness (QED) is 0.720. The van der Waals surface area contributed by atoms with Gasteiger partial charge in [0.15, 0.2) is 0 Å². The van der Waals surface area contributed by atoms with Gasteiger partial charge in [0.05, 0.1) is 0 Å². The highest BCUT2D eigenvalue weighted by Crippen LogP contribution is 2.27. The van der Waals surface area contributed by atoms with Gasteiger partial charge in [-0.2, -0.15) is 11.3 Å². The van der Waals surface area contributed by atoms with Crippen LogP contribution in [-0.4, -0.2) is 5.78 Å². The fourth-order valence-electron chi connectivity index (χ4n) is 2.68. The molecule has 2 heteroatoms. The molecule has 17 heavy (non-hydrogen) atoms. The zero-order chi connectivity index (χ0) is 11.9. The maximum atomic E-state index is 11.8. The van der Waals surface area contributed by atoms with Gasteiger partial charge in [0.2, 0.25) is 0 Å². The molecule has 1 fully saturated rings. The van der Waals surface area contributed by atoms with Gasteiger partial charge < -0.3 is 0 Å². The SMILES string of the molecule is O=C(CCc1ccsc1)CCC1CCCCC1. The lowest BCUT2D eigenvalue weighted by Gasteiger charge is -2.20. The molecular weight excluding hydrogens is 228 g/mol. The molecule has 1 aromatic heterocycles. The predicted molar refractivity (Wildman–Crippen MR) is 73.5 cm³/mol. The first kappa shape index (κ1) is 12.8. The van der Waals surface area contributed by atoms with Gasteiger partial charge in [-0.3, -0.25) is 4.79 Å². The highest BCUT2D eigenvalue weighted by atomic mass is 32.1. The number of thiophene rings is 1. The molecule has 0 radical (unpaired) electrons. The third kappa shape index (κ3) is 4.63. The minimum Gasteiger partial charge on any atom is -0.300 e. The van der Waals surface area contributed by atoms with Crippen molar-refractivity contribution in [3.8, 4) is 0 Å². The summed E-state index contributed by atoms with van der Waals surface area (Å²) in [5.41, 5.74) is 1.32. The van der Waals surface area contributed by atoms with Crippen LogP contribution >= 0.6 is 11.3 Å². The Balaban J connectivity index is 1.60. The Bertz CT molecular complexity index is 323. The van der Waals surface area contributed by atoms with E-state index in [1.54, 1.807) is 11.3 Å². The van der Waals surface area contributed by atoms with Gasteiger partial charge in [0.25, 0.3) is 0 Å². The Kier molecular flexibility index (Phi) is 5.24. The summed E-state index contributed by atoms with van der Waals surface area (Å²) in [5.74, 6) is 1.30. The Labute approximate surface area is 108 Å². The number of ketones is 1. The topological polar surface area (TPSA) is 17.1 Å². The molecule has 1 heterocycles. The number of carbonyl (C=O) groups excluding carboxylic acids is 1. The Morgan fingerprint density at radius 1 is 1.24 bits per heavy atom. The smallest absolute Gasteiger partial charge is 0.133 e.